The zero-order chi connectivity index (χ0) is 13.8. The fraction of sp³-hybridized carbons (Fsp3) is 0.538. The summed E-state index contributed by atoms with van der Waals surface area (Å²) in [5.41, 5.74) is 0.107. The molecular formula is C13H17FN2O3. The van der Waals surface area contributed by atoms with E-state index in [1.54, 1.807) is 0 Å². The van der Waals surface area contributed by atoms with Crippen LogP contribution in [0.5, 0.6) is 0 Å². The second-order valence-electron chi connectivity index (χ2n) is 4.87. The number of hydrogen-bond donors (Lipinski definition) is 2. The highest BCUT2D eigenvalue weighted by Crippen LogP contribution is 2.33. The summed E-state index contributed by atoms with van der Waals surface area (Å²) in [6, 6.07) is 3.65. The minimum absolute atomic E-state index is 0.108. The minimum Gasteiger partial charge on any atom is -0.396 e. The molecule has 1 aliphatic rings. The van der Waals surface area contributed by atoms with Gasteiger partial charge in [-0.25, -0.2) is 4.39 Å². The van der Waals surface area contributed by atoms with E-state index in [2.05, 4.69) is 5.32 Å². The van der Waals surface area contributed by atoms with Crippen molar-refractivity contribution in [1.82, 2.24) is 0 Å². The topological polar surface area (TPSA) is 75.4 Å². The third-order valence-electron chi connectivity index (χ3n) is 3.66. The molecule has 1 aromatic carbocycles. The zero-order valence-electron chi connectivity index (χ0n) is 10.5. The van der Waals surface area contributed by atoms with Crippen molar-refractivity contribution in [3.63, 3.8) is 0 Å². The first kappa shape index (κ1) is 13.7. The van der Waals surface area contributed by atoms with Gasteiger partial charge in [0.25, 0.3) is 5.69 Å². The van der Waals surface area contributed by atoms with Crippen LogP contribution < -0.4 is 5.32 Å². The van der Waals surface area contributed by atoms with Gasteiger partial charge in [0.05, 0.1) is 11.0 Å². The molecule has 2 rings (SSSR count). The molecular weight excluding hydrogens is 251 g/mol. The van der Waals surface area contributed by atoms with Crippen molar-refractivity contribution in [2.24, 2.45) is 5.92 Å². The smallest absolute Gasteiger partial charge is 0.295 e. The number of aliphatic hydroxyl groups is 1. The third-order valence-corrected chi connectivity index (χ3v) is 3.66. The van der Waals surface area contributed by atoms with E-state index in [4.69, 9.17) is 5.11 Å². The van der Waals surface area contributed by atoms with E-state index in [0.29, 0.717) is 18.0 Å². The Morgan fingerprint density at radius 1 is 1.47 bits per heavy atom. The lowest BCUT2D eigenvalue weighted by Crippen LogP contribution is -2.25. The summed E-state index contributed by atoms with van der Waals surface area (Å²) >= 11 is 0. The van der Waals surface area contributed by atoms with Crippen molar-refractivity contribution in [3.05, 3.63) is 34.1 Å². The van der Waals surface area contributed by atoms with E-state index >= 15 is 0 Å². The Morgan fingerprint density at radius 2 is 2.26 bits per heavy atom. The van der Waals surface area contributed by atoms with Crippen molar-refractivity contribution in [2.75, 3.05) is 11.9 Å². The summed E-state index contributed by atoms with van der Waals surface area (Å²) < 4.78 is 13.1. The SMILES string of the molecule is O=[N+]([O-])c1cc(F)ccc1NC1CCCC1CCO. The maximum absolute atomic E-state index is 13.1. The summed E-state index contributed by atoms with van der Waals surface area (Å²) in [7, 11) is 0. The summed E-state index contributed by atoms with van der Waals surface area (Å²) in [4.78, 5) is 10.3. The first-order valence-corrected chi connectivity index (χ1v) is 6.43. The maximum Gasteiger partial charge on any atom is 0.295 e. The van der Waals surface area contributed by atoms with Crippen molar-refractivity contribution in [3.8, 4) is 0 Å². The molecule has 6 heteroatoms. The minimum atomic E-state index is -0.615. The third kappa shape index (κ3) is 3.20. The van der Waals surface area contributed by atoms with Crippen LogP contribution in [0.4, 0.5) is 15.8 Å². The predicted molar refractivity (Wildman–Crippen MR) is 69.5 cm³/mol. The van der Waals surface area contributed by atoms with Crippen molar-refractivity contribution >= 4 is 11.4 Å². The van der Waals surface area contributed by atoms with E-state index < -0.39 is 10.7 Å². The lowest BCUT2D eigenvalue weighted by molar-refractivity contribution is -0.384. The lowest BCUT2D eigenvalue weighted by Gasteiger charge is -2.21. The molecule has 19 heavy (non-hydrogen) atoms. The molecule has 1 aromatic rings. The van der Waals surface area contributed by atoms with Gasteiger partial charge in [0.15, 0.2) is 0 Å². The van der Waals surface area contributed by atoms with Gasteiger partial charge in [-0.05, 0) is 37.3 Å². The Labute approximate surface area is 110 Å². The van der Waals surface area contributed by atoms with Crippen LogP contribution in [0.15, 0.2) is 18.2 Å². The monoisotopic (exact) mass is 268 g/mol. The molecule has 2 N–H and O–H groups in total. The fourth-order valence-electron chi connectivity index (χ4n) is 2.72. The zero-order valence-corrected chi connectivity index (χ0v) is 10.5. The summed E-state index contributed by atoms with van der Waals surface area (Å²) in [5.74, 6) is -0.301. The number of anilines is 1. The van der Waals surface area contributed by atoms with Crippen LogP contribution in [0.1, 0.15) is 25.7 Å². The number of rotatable bonds is 5. The van der Waals surface area contributed by atoms with Gasteiger partial charge >= 0.3 is 0 Å². The Hall–Kier alpha value is -1.69. The quantitative estimate of drug-likeness (QED) is 0.636. The number of benzene rings is 1. The van der Waals surface area contributed by atoms with Crippen molar-refractivity contribution < 1.29 is 14.4 Å². The van der Waals surface area contributed by atoms with Gasteiger partial charge < -0.3 is 10.4 Å². The highest BCUT2D eigenvalue weighted by molar-refractivity contribution is 5.62. The van der Waals surface area contributed by atoms with Gasteiger partial charge in [-0.15, -0.1) is 0 Å². The van der Waals surface area contributed by atoms with Crippen LogP contribution in [-0.2, 0) is 0 Å². The van der Waals surface area contributed by atoms with E-state index in [9.17, 15) is 14.5 Å². The van der Waals surface area contributed by atoms with E-state index in [-0.39, 0.29) is 18.3 Å². The Bertz CT molecular complexity index is 467. The molecule has 0 radical (unpaired) electrons. The maximum atomic E-state index is 13.1. The normalized spacial score (nSPS) is 22.4. The van der Waals surface area contributed by atoms with Crippen LogP contribution in [0, 0.1) is 21.8 Å². The van der Waals surface area contributed by atoms with Gasteiger partial charge in [-0.1, -0.05) is 6.42 Å². The number of nitro groups is 1. The number of hydrogen-bond acceptors (Lipinski definition) is 4. The van der Waals surface area contributed by atoms with Crippen molar-refractivity contribution in [1.29, 1.82) is 0 Å². The molecule has 104 valence electrons. The van der Waals surface area contributed by atoms with Crippen LogP contribution in [0.2, 0.25) is 0 Å². The second-order valence-corrected chi connectivity index (χ2v) is 4.87. The van der Waals surface area contributed by atoms with Gasteiger partial charge in [-0.3, -0.25) is 10.1 Å². The molecule has 0 saturated heterocycles. The molecule has 0 amide bonds. The number of nitro benzene ring substituents is 1. The highest BCUT2D eigenvalue weighted by Gasteiger charge is 2.28. The average molecular weight is 268 g/mol. The van der Waals surface area contributed by atoms with Gasteiger partial charge in [-0.2, -0.15) is 0 Å². The molecule has 0 bridgehead atoms. The van der Waals surface area contributed by atoms with Crippen molar-refractivity contribution in [2.45, 2.75) is 31.7 Å². The summed E-state index contributed by atoms with van der Waals surface area (Å²) in [6.07, 6.45) is 3.65. The molecule has 0 heterocycles. The second kappa shape index (κ2) is 5.97. The van der Waals surface area contributed by atoms with Crippen LogP contribution >= 0.6 is 0 Å². The van der Waals surface area contributed by atoms with Crippen LogP contribution in [0.3, 0.4) is 0 Å². The first-order chi connectivity index (χ1) is 9.11. The number of nitrogens with zero attached hydrogens (tertiary/aromatic N) is 1. The van der Waals surface area contributed by atoms with Gasteiger partial charge in [0.2, 0.25) is 0 Å². The van der Waals surface area contributed by atoms with Gasteiger partial charge in [0.1, 0.15) is 11.5 Å². The molecule has 0 spiro atoms. The molecule has 2 atom stereocenters. The molecule has 1 saturated carbocycles. The van der Waals surface area contributed by atoms with E-state index in [1.165, 1.54) is 12.1 Å². The Kier molecular flexibility index (Phi) is 4.31. The molecule has 1 fully saturated rings. The lowest BCUT2D eigenvalue weighted by atomic mass is 9.99. The Balaban J connectivity index is 2.16. The van der Waals surface area contributed by atoms with Gasteiger partial charge in [0, 0.05) is 12.6 Å². The molecule has 0 aliphatic heterocycles. The molecule has 5 nitrogen and oxygen atoms in total. The predicted octanol–water partition coefficient (Wildman–Crippen LogP) is 2.70. The number of nitrogens with one attached hydrogen (secondary N) is 1. The number of aliphatic hydroxyl groups excluding tert-OH is 1. The number of halogens is 1. The summed E-state index contributed by atoms with van der Waals surface area (Å²) in [6.45, 7) is 0.119. The summed E-state index contributed by atoms with van der Waals surface area (Å²) in [5, 5.41) is 23.1. The highest BCUT2D eigenvalue weighted by atomic mass is 19.1. The fourth-order valence-corrected chi connectivity index (χ4v) is 2.72. The average Bonchev–Trinajstić information content (AvgIpc) is 2.79. The van der Waals surface area contributed by atoms with Crippen LogP contribution in [-0.4, -0.2) is 22.7 Å². The molecule has 0 aromatic heterocycles. The largest absolute Gasteiger partial charge is 0.396 e. The standard InChI is InChI=1S/C13H17FN2O3/c14-10-4-5-12(13(8-10)16(18)19)15-11-3-1-2-9(11)6-7-17/h4-5,8-9,11,15,17H,1-3,6-7H2. The molecule has 1 aliphatic carbocycles. The van der Waals surface area contributed by atoms with Crippen LogP contribution in [0.25, 0.3) is 0 Å². The van der Waals surface area contributed by atoms with E-state index in [0.717, 1.165) is 25.3 Å². The van der Waals surface area contributed by atoms with E-state index in [1.807, 2.05) is 0 Å². The first-order valence-electron chi connectivity index (χ1n) is 6.43. The Morgan fingerprint density at radius 3 is 2.95 bits per heavy atom. The molecule has 2 unspecified atom stereocenters.